The quantitative estimate of drug-likeness (QED) is 0.656. The first-order chi connectivity index (χ1) is 13.4. The second-order valence-corrected chi connectivity index (χ2v) is 9.06. The Morgan fingerprint density at radius 1 is 1.21 bits per heavy atom. The molecular formula is C20H22N4O3S. The highest BCUT2D eigenvalue weighted by molar-refractivity contribution is 7.89. The minimum absolute atomic E-state index is 0.235. The topological polar surface area (TPSA) is 89.2 Å². The number of nitrogens with zero attached hydrogens (tertiary/aromatic N) is 4. The van der Waals surface area contributed by atoms with Crippen molar-refractivity contribution in [2.24, 2.45) is 5.92 Å². The van der Waals surface area contributed by atoms with Gasteiger partial charge in [-0.3, -0.25) is 9.97 Å². The van der Waals surface area contributed by atoms with Gasteiger partial charge in [0.25, 0.3) is 0 Å². The lowest BCUT2D eigenvalue weighted by Gasteiger charge is -2.16. The zero-order valence-corrected chi connectivity index (χ0v) is 16.7. The van der Waals surface area contributed by atoms with E-state index in [0.717, 1.165) is 41.2 Å². The molecule has 28 heavy (non-hydrogen) atoms. The molecule has 7 nitrogen and oxygen atoms in total. The van der Waals surface area contributed by atoms with Gasteiger partial charge >= 0.3 is 0 Å². The van der Waals surface area contributed by atoms with Gasteiger partial charge < -0.3 is 4.52 Å². The van der Waals surface area contributed by atoms with Crippen LogP contribution in [0, 0.1) is 19.8 Å². The van der Waals surface area contributed by atoms with Crippen LogP contribution in [0.3, 0.4) is 0 Å². The zero-order chi connectivity index (χ0) is 19.7. The average Bonchev–Trinajstić information content (AvgIpc) is 3.29. The Morgan fingerprint density at radius 2 is 2.07 bits per heavy atom. The molecule has 4 heterocycles. The van der Waals surface area contributed by atoms with Crippen molar-refractivity contribution in [3.8, 4) is 11.3 Å². The van der Waals surface area contributed by atoms with Crippen molar-refractivity contribution in [3.05, 3.63) is 59.9 Å². The number of rotatable bonds is 5. The van der Waals surface area contributed by atoms with E-state index in [9.17, 15) is 8.42 Å². The van der Waals surface area contributed by atoms with E-state index in [-0.39, 0.29) is 10.8 Å². The van der Waals surface area contributed by atoms with Crippen LogP contribution in [0.25, 0.3) is 11.3 Å². The number of hydrogen-bond donors (Lipinski definition) is 0. The molecule has 0 N–H and O–H groups in total. The minimum Gasteiger partial charge on any atom is -0.361 e. The summed E-state index contributed by atoms with van der Waals surface area (Å²) in [6.07, 6.45) is 4.52. The van der Waals surface area contributed by atoms with Crippen molar-refractivity contribution >= 4 is 10.0 Å². The molecule has 3 aromatic rings. The van der Waals surface area contributed by atoms with Gasteiger partial charge in [-0.2, -0.15) is 4.31 Å². The third-order valence-electron chi connectivity index (χ3n) is 5.11. The smallest absolute Gasteiger partial charge is 0.244 e. The molecule has 0 saturated carbocycles. The van der Waals surface area contributed by atoms with E-state index in [0.29, 0.717) is 13.1 Å². The Kier molecular flexibility index (Phi) is 4.99. The highest BCUT2D eigenvalue weighted by Crippen LogP contribution is 2.28. The van der Waals surface area contributed by atoms with E-state index >= 15 is 0 Å². The number of aromatic nitrogens is 3. The van der Waals surface area contributed by atoms with Crippen molar-refractivity contribution in [2.75, 3.05) is 13.1 Å². The van der Waals surface area contributed by atoms with Gasteiger partial charge in [-0.25, -0.2) is 8.42 Å². The molecular weight excluding hydrogens is 376 g/mol. The SMILES string of the molecule is Cc1noc(C)c1-c1cccc(C[C@H]2CCN(S(=O)(=O)c3cccnc3)C2)n1. The maximum Gasteiger partial charge on any atom is 0.244 e. The molecule has 0 amide bonds. The van der Waals surface area contributed by atoms with Crippen LogP contribution < -0.4 is 0 Å². The summed E-state index contributed by atoms with van der Waals surface area (Å²) in [4.78, 5) is 8.94. The maximum atomic E-state index is 12.8. The number of aryl methyl sites for hydroxylation is 2. The van der Waals surface area contributed by atoms with Gasteiger partial charge in [0.15, 0.2) is 0 Å². The third-order valence-corrected chi connectivity index (χ3v) is 6.96. The standard InChI is InChI=1S/C20H22N4O3S/c1-14-20(15(2)27-23-14)19-7-3-5-17(22-19)11-16-8-10-24(13-16)28(25,26)18-6-4-9-21-12-18/h3-7,9,12,16H,8,10-11,13H2,1-2H3/t16-/m1/s1. The molecule has 0 bridgehead atoms. The first-order valence-corrected chi connectivity index (χ1v) is 10.7. The first kappa shape index (κ1) is 18.8. The molecule has 0 aromatic carbocycles. The molecule has 146 valence electrons. The number of pyridine rings is 2. The van der Waals surface area contributed by atoms with Crippen LogP contribution in [0.15, 0.2) is 52.1 Å². The fourth-order valence-electron chi connectivity index (χ4n) is 3.71. The van der Waals surface area contributed by atoms with Crippen LogP contribution in [0.5, 0.6) is 0 Å². The van der Waals surface area contributed by atoms with E-state index in [1.54, 1.807) is 22.6 Å². The predicted octanol–water partition coefficient (Wildman–Crippen LogP) is 3.00. The van der Waals surface area contributed by atoms with Gasteiger partial charge in [0.2, 0.25) is 10.0 Å². The summed E-state index contributed by atoms with van der Waals surface area (Å²) in [5.74, 6) is 0.982. The van der Waals surface area contributed by atoms with Crippen LogP contribution in [-0.4, -0.2) is 40.9 Å². The van der Waals surface area contributed by atoms with Crippen LogP contribution in [0.4, 0.5) is 0 Å². The molecule has 0 aliphatic carbocycles. The second-order valence-electron chi connectivity index (χ2n) is 7.12. The lowest BCUT2D eigenvalue weighted by Crippen LogP contribution is -2.29. The largest absolute Gasteiger partial charge is 0.361 e. The summed E-state index contributed by atoms with van der Waals surface area (Å²) >= 11 is 0. The molecule has 3 aromatic heterocycles. The highest BCUT2D eigenvalue weighted by Gasteiger charge is 2.32. The van der Waals surface area contributed by atoms with Crippen LogP contribution in [0.1, 0.15) is 23.6 Å². The fourth-order valence-corrected chi connectivity index (χ4v) is 5.20. The van der Waals surface area contributed by atoms with E-state index < -0.39 is 10.0 Å². The van der Waals surface area contributed by atoms with Gasteiger partial charge in [-0.05, 0) is 56.9 Å². The number of sulfonamides is 1. The van der Waals surface area contributed by atoms with Crippen molar-refractivity contribution in [2.45, 2.75) is 31.6 Å². The summed E-state index contributed by atoms with van der Waals surface area (Å²) < 4.78 is 32.3. The lowest BCUT2D eigenvalue weighted by molar-refractivity contribution is 0.393. The zero-order valence-electron chi connectivity index (χ0n) is 15.9. The molecule has 1 aliphatic rings. The van der Waals surface area contributed by atoms with E-state index in [1.807, 2.05) is 32.0 Å². The molecule has 1 saturated heterocycles. The summed E-state index contributed by atoms with van der Waals surface area (Å²) in [6, 6.07) is 9.14. The molecule has 1 atom stereocenters. The lowest BCUT2D eigenvalue weighted by atomic mass is 10.0. The van der Waals surface area contributed by atoms with Crippen molar-refractivity contribution in [1.82, 2.24) is 19.4 Å². The van der Waals surface area contributed by atoms with Crippen molar-refractivity contribution in [1.29, 1.82) is 0 Å². The molecule has 0 radical (unpaired) electrons. The Balaban J connectivity index is 1.49. The summed E-state index contributed by atoms with van der Waals surface area (Å²) in [5.41, 5.74) is 3.53. The molecule has 1 aliphatic heterocycles. The van der Waals surface area contributed by atoms with Gasteiger partial charge in [0.05, 0.1) is 17.0 Å². The van der Waals surface area contributed by atoms with Gasteiger partial charge in [0, 0.05) is 31.2 Å². The summed E-state index contributed by atoms with van der Waals surface area (Å²) in [7, 11) is -3.49. The van der Waals surface area contributed by atoms with Gasteiger partial charge in [-0.15, -0.1) is 0 Å². The Bertz CT molecular complexity index is 1060. The highest BCUT2D eigenvalue weighted by atomic mass is 32.2. The summed E-state index contributed by atoms with van der Waals surface area (Å²) in [6.45, 7) is 4.79. The average molecular weight is 398 g/mol. The van der Waals surface area contributed by atoms with Crippen molar-refractivity contribution in [3.63, 3.8) is 0 Å². The predicted molar refractivity (Wildman–Crippen MR) is 104 cm³/mol. The third kappa shape index (κ3) is 3.57. The Morgan fingerprint density at radius 3 is 2.79 bits per heavy atom. The molecule has 8 heteroatoms. The van der Waals surface area contributed by atoms with Crippen LogP contribution in [-0.2, 0) is 16.4 Å². The molecule has 4 rings (SSSR count). The first-order valence-electron chi connectivity index (χ1n) is 9.24. The molecule has 0 spiro atoms. The maximum absolute atomic E-state index is 12.8. The Labute approximate surface area is 164 Å². The van der Waals surface area contributed by atoms with E-state index in [1.165, 1.54) is 6.20 Å². The molecule has 1 fully saturated rings. The fraction of sp³-hybridized carbons (Fsp3) is 0.350. The number of hydrogen-bond acceptors (Lipinski definition) is 6. The minimum atomic E-state index is -3.49. The Hall–Kier alpha value is -2.58. The summed E-state index contributed by atoms with van der Waals surface area (Å²) in [5, 5.41) is 4.00. The van der Waals surface area contributed by atoms with Crippen molar-refractivity contribution < 1.29 is 12.9 Å². The second kappa shape index (κ2) is 7.44. The van der Waals surface area contributed by atoms with Crippen LogP contribution in [0.2, 0.25) is 0 Å². The van der Waals surface area contributed by atoms with E-state index in [4.69, 9.17) is 9.51 Å². The van der Waals surface area contributed by atoms with E-state index in [2.05, 4.69) is 10.1 Å². The van der Waals surface area contributed by atoms with Gasteiger partial charge in [-0.1, -0.05) is 11.2 Å². The molecule has 0 unspecified atom stereocenters. The van der Waals surface area contributed by atoms with Crippen LogP contribution >= 0.6 is 0 Å². The normalized spacial score (nSPS) is 17.9. The van der Waals surface area contributed by atoms with Gasteiger partial charge in [0.1, 0.15) is 10.7 Å². The monoisotopic (exact) mass is 398 g/mol.